The van der Waals surface area contributed by atoms with Crippen molar-refractivity contribution < 1.29 is 13.5 Å². The minimum Gasteiger partial charge on any atom is -0.434 e. The van der Waals surface area contributed by atoms with E-state index in [2.05, 4.69) is 43.4 Å². The lowest BCUT2D eigenvalue weighted by Gasteiger charge is -2.07. The predicted octanol–water partition coefficient (Wildman–Crippen LogP) is 2.22. The molecule has 0 aliphatic heterocycles. The molecule has 0 bridgehead atoms. The van der Waals surface area contributed by atoms with Crippen LogP contribution in [-0.2, 0) is 0 Å². The van der Waals surface area contributed by atoms with E-state index in [9.17, 15) is 8.78 Å². The molecule has 4 nitrogen and oxygen atoms in total. The van der Waals surface area contributed by atoms with Gasteiger partial charge in [-0.05, 0) is 30.4 Å². The lowest BCUT2D eigenvalue weighted by atomic mass is 10.2. The fourth-order valence-corrected chi connectivity index (χ4v) is 1.42. The van der Waals surface area contributed by atoms with Gasteiger partial charge in [0.15, 0.2) is 5.11 Å². The minimum absolute atomic E-state index is 0.0108. The summed E-state index contributed by atoms with van der Waals surface area (Å²) in [6.45, 7) is -2.90. The number of rotatable bonds is 4. The molecule has 0 aliphatic carbocycles. The zero-order valence-corrected chi connectivity index (χ0v) is 10.8. The molecule has 0 fully saturated rings. The molecule has 0 saturated heterocycles. The maximum absolute atomic E-state index is 12.1. The normalized spacial score (nSPS) is 10.8. The van der Waals surface area contributed by atoms with Gasteiger partial charge in [-0.15, -0.1) is 0 Å². The van der Waals surface area contributed by atoms with Gasteiger partial charge in [0.1, 0.15) is 5.75 Å². The van der Waals surface area contributed by atoms with Crippen LogP contribution in [-0.4, -0.2) is 17.9 Å². The molecule has 1 aromatic rings. The number of halogens is 3. The zero-order valence-electron chi connectivity index (χ0n) is 8.36. The first-order valence-corrected chi connectivity index (χ1v) is 5.52. The molecule has 1 aromatic carbocycles. The van der Waals surface area contributed by atoms with Crippen molar-refractivity contribution in [3.63, 3.8) is 0 Å². The second-order valence-corrected chi connectivity index (χ2v) is 4.15. The monoisotopic (exact) mass is 323 g/mol. The van der Waals surface area contributed by atoms with E-state index in [0.717, 1.165) is 0 Å². The van der Waals surface area contributed by atoms with Crippen molar-refractivity contribution in [3.05, 3.63) is 28.2 Å². The van der Waals surface area contributed by atoms with Crippen LogP contribution in [0, 0.1) is 0 Å². The van der Waals surface area contributed by atoms with Crippen molar-refractivity contribution in [2.24, 2.45) is 10.8 Å². The number of hydrogen-bond acceptors (Lipinski definition) is 3. The fourth-order valence-electron chi connectivity index (χ4n) is 0.989. The second-order valence-electron chi connectivity index (χ2n) is 2.79. The van der Waals surface area contributed by atoms with Gasteiger partial charge in [0.25, 0.3) is 0 Å². The standard InChI is InChI=1S/C9H8BrF2N3OS/c10-6-1-2-7(16-8(11)12)5(3-6)4-14-15-9(13)17/h1-4,8H,(H3,13,15,17)/b14-4-. The number of benzene rings is 1. The molecule has 0 spiro atoms. The Labute approximate surface area is 110 Å². The summed E-state index contributed by atoms with van der Waals surface area (Å²) in [6, 6.07) is 4.55. The third kappa shape index (κ3) is 5.05. The molecule has 0 saturated carbocycles. The van der Waals surface area contributed by atoms with Gasteiger partial charge in [-0.25, -0.2) is 0 Å². The molecule has 1 rings (SSSR count). The molecule has 0 radical (unpaired) electrons. The van der Waals surface area contributed by atoms with Gasteiger partial charge in [-0.2, -0.15) is 13.9 Å². The number of nitrogens with two attached hydrogens (primary N) is 1. The van der Waals surface area contributed by atoms with Crippen molar-refractivity contribution in [2.45, 2.75) is 6.61 Å². The van der Waals surface area contributed by atoms with E-state index in [4.69, 9.17) is 5.73 Å². The number of hydrogen-bond donors (Lipinski definition) is 2. The van der Waals surface area contributed by atoms with E-state index in [-0.39, 0.29) is 10.9 Å². The summed E-state index contributed by atoms with van der Waals surface area (Å²) in [5.74, 6) is 0.0108. The smallest absolute Gasteiger partial charge is 0.387 e. The van der Waals surface area contributed by atoms with E-state index in [0.29, 0.717) is 10.0 Å². The molecule has 17 heavy (non-hydrogen) atoms. The molecule has 0 aromatic heterocycles. The van der Waals surface area contributed by atoms with Gasteiger partial charge < -0.3 is 10.5 Å². The molecule has 8 heteroatoms. The molecule has 0 atom stereocenters. The van der Waals surface area contributed by atoms with Crippen LogP contribution in [0.25, 0.3) is 0 Å². The highest BCUT2D eigenvalue weighted by Gasteiger charge is 2.08. The first-order chi connectivity index (χ1) is 7.99. The van der Waals surface area contributed by atoms with Crippen LogP contribution >= 0.6 is 28.1 Å². The Kier molecular flexibility index (Phi) is 5.23. The Balaban J connectivity index is 2.90. The van der Waals surface area contributed by atoms with Crippen LogP contribution < -0.4 is 15.9 Å². The largest absolute Gasteiger partial charge is 0.434 e. The van der Waals surface area contributed by atoms with E-state index in [1.807, 2.05) is 0 Å². The molecular weight excluding hydrogens is 316 g/mol. The zero-order chi connectivity index (χ0) is 12.8. The fraction of sp³-hybridized carbons (Fsp3) is 0.111. The summed E-state index contributed by atoms with van der Waals surface area (Å²) < 4.78 is 29.3. The summed E-state index contributed by atoms with van der Waals surface area (Å²) >= 11 is 7.74. The van der Waals surface area contributed by atoms with Crippen molar-refractivity contribution in [1.29, 1.82) is 0 Å². The predicted molar refractivity (Wildman–Crippen MR) is 68.3 cm³/mol. The number of nitrogens with one attached hydrogen (secondary N) is 1. The highest BCUT2D eigenvalue weighted by Crippen LogP contribution is 2.23. The minimum atomic E-state index is -2.90. The quantitative estimate of drug-likeness (QED) is 0.506. The highest BCUT2D eigenvalue weighted by atomic mass is 79.9. The number of nitrogens with zero attached hydrogens (tertiary/aromatic N) is 1. The molecule has 0 aliphatic rings. The van der Waals surface area contributed by atoms with Gasteiger partial charge >= 0.3 is 6.61 Å². The first kappa shape index (κ1) is 13.8. The molecule has 3 N–H and O–H groups in total. The van der Waals surface area contributed by atoms with Crippen molar-refractivity contribution in [3.8, 4) is 5.75 Å². The highest BCUT2D eigenvalue weighted by molar-refractivity contribution is 9.10. The Bertz CT molecular complexity index is 442. The average molecular weight is 324 g/mol. The van der Waals surface area contributed by atoms with Gasteiger partial charge in [0, 0.05) is 10.0 Å². The van der Waals surface area contributed by atoms with Gasteiger partial charge in [0.05, 0.1) is 6.21 Å². The summed E-state index contributed by atoms with van der Waals surface area (Å²) in [5.41, 5.74) is 7.83. The summed E-state index contributed by atoms with van der Waals surface area (Å²) in [5, 5.41) is 3.64. The Hall–Kier alpha value is -1.28. The third-order valence-electron chi connectivity index (χ3n) is 1.57. The molecular formula is C9H8BrF2N3OS. The van der Waals surface area contributed by atoms with Crippen molar-refractivity contribution in [1.82, 2.24) is 5.43 Å². The van der Waals surface area contributed by atoms with Gasteiger partial charge in [0.2, 0.25) is 0 Å². The topological polar surface area (TPSA) is 59.6 Å². The Morgan fingerprint density at radius 1 is 1.59 bits per heavy atom. The van der Waals surface area contributed by atoms with Crippen molar-refractivity contribution >= 4 is 39.5 Å². The number of alkyl halides is 2. The summed E-state index contributed by atoms with van der Waals surface area (Å²) in [7, 11) is 0. The summed E-state index contributed by atoms with van der Waals surface area (Å²) in [6.07, 6.45) is 1.28. The Morgan fingerprint density at radius 3 is 2.88 bits per heavy atom. The second kappa shape index (κ2) is 6.45. The molecule has 0 amide bonds. The maximum Gasteiger partial charge on any atom is 0.387 e. The third-order valence-corrected chi connectivity index (χ3v) is 2.15. The molecule has 0 unspecified atom stereocenters. The number of ether oxygens (including phenoxy) is 1. The Morgan fingerprint density at radius 2 is 2.29 bits per heavy atom. The van der Waals surface area contributed by atoms with E-state index < -0.39 is 6.61 Å². The van der Waals surface area contributed by atoms with E-state index in [1.165, 1.54) is 12.3 Å². The molecule has 0 heterocycles. The summed E-state index contributed by atoms with van der Waals surface area (Å²) in [4.78, 5) is 0. The van der Waals surface area contributed by atoms with Gasteiger partial charge in [-0.1, -0.05) is 15.9 Å². The SMILES string of the molecule is NC(=S)N/N=C\c1cc(Br)ccc1OC(F)F. The first-order valence-electron chi connectivity index (χ1n) is 4.32. The van der Waals surface area contributed by atoms with Gasteiger partial charge in [-0.3, -0.25) is 5.43 Å². The van der Waals surface area contributed by atoms with Crippen LogP contribution in [0.15, 0.2) is 27.8 Å². The van der Waals surface area contributed by atoms with Crippen LogP contribution in [0.5, 0.6) is 5.75 Å². The number of hydrazone groups is 1. The van der Waals surface area contributed by atoms with E-state index >= 15 is 0 Å². The van der Waals surface area contributed by atoms with Crippen LogP contribution in [0.4, 0.5) is 8.78 Å². The van der Waals surface area contributed by atoms with E-state index in [1.54, 1.807) is 12.1 Å². The average Bonchev–Trinajstić information content (AvgIpc) is 2.21. The maximum atomic E-state index is 12.1. The lowest BCUT2D eigenvalue weighted by molar-refractivity contribution is -0.0499. The molecule has 92 valence electrons. The van der Waals surface area contributed by atoms with Crippen LogP contribution in [0.3, 0.4) is 0 Å². The van der Waals surface area contributed by atoms with Crippen molar-refractivity contribution in [2.75, 3.05) is 0 Å². The number of thiocarbonyl (C=S) groups is 1. The van der Waals surface area contributed by atoms with Crippen LogP contribution in [0.2, 0.25) is 0 Å². The lowest BCUT2D eigenvalue weighted by Crippen LogP contribution is -2.24. The van der Waals surface area contributed by atoms with Crippen LogP contribution in [0.1, 0.15) is 5.56 Å².